The van der Waals surface area contributed by atoms with Gasteiger partial charge < -0.3 is 57.1 Å². The maximum atomic E-state index is 13.0. The van der Waals surface area contributed by atoms with Gasteiger partial charge >= 0.3 is 24.8 Å². The van der Waals surface area contributed by atoms with Gasteiger partial charge in [0.2, 0.25) is 0 Å². The van der Waals surface area contributed by atoms with E-state index in [-0.39, 0.29) is 50.5 Å². The van der Waals surface area contributed by atoms with Crippen molar-refractivity contribution >= 4 is 113 Å². The summed E-state index contributed by atoms with van der Waals surface area (Å²) in [6, 6.07) is 110. The van der Waals surface area contributed by atoms with E-state index in [0.717, 1.165) is 109 Å². The van der Waals surface area contributed by atoms with Crippen molar-refractivity contribution in [1.82, 2.24) is 23.3 Å². The average Bonchev–Trinajstić information content (AvgIpc) is 1.62. The van der Waals surface area contributed by atoms with E-state index in [4.69, 9.17) is 39.5 Å². The van der Waals surface area contributed by atoms with Gasteiger partial charge in [-0.05, 0) is 377 Å². The number of aliphatic hydroxyl groups excluding tert-OH is 2. The van der Waals surface area contributed by atoms with E-state index in [0.29, 0.717) is 86.0 Å². The summed E-state index contributed by atoms with van der Waals surface area (Å²) in [5.41, 5.74) is 13.6. The third kappa shape index (κ3) is 27.1. The third-order valence-electron chi connectivity index (χ3n) is 21.0. The molecule has 0 saturated heterocycles. The Morgan fingerprint density at radius 1 is 0.386 bits per heavy atom. The first-order valence-electron chi connectivity index (χ1n) is 42.2. The van der Waals surface area contributed by atoms with Crippen LogP contribution in [0.1, 0.15) is 53.8 Å². The fraction of sp³-hybridized carbons (Fsp3) is 0.0531. The van der Waals surface area contributed by atoms with E-state index in [1.807, 2.05) is 239 Å². The van der Waals surface area contributed by atoms with E-state index in [1.165, 1.54) is 60.7 Å². The number of nitrogens with zero attached hydrogens (tertiary/aromatic N) is 10. The van der Waals surface area contributed by atoms with Crippen molar-refractivity contribution in [2.24, 2.45) is 4.30 Å². The monoisotopic (exact) mass is 2050 g/mol. The van der Waals surface area contributed by atoms with Crippen LogP contribution in [0.25, 0.3) is 77.3 Å². The van der Waals surface area contributed by atoms with Crippen molar-refractivity contribution < 1.29 is 55.8 Å². The van der Waals surface area contributed by atoms with Gasteiger partial charge in [0.05, 0.1) is 92.9 Å². The van der Waals surface area contributed by atoms with Crippen molar-refractivity contribution in [3.05, 3.63) is 465 Å². The number of allylic oxidation sites excluding steroid dienone is 1. The van der Waals surface area contributed by atoms with Crippen molar-refractivity contribution in [2.45, 2.75) is 33.8 Å². The molecule has 0 aliphatic heterocycles. The summed E-state index contributed by atoms with van der Waals surface area (Å²) in [6.45, 7) is 3.51. The van der Waals surface area contributed by atoms with Crippen molar-refractivity contribution in [1.29, 1.82) is 26.3 Å². The van der Waals surface area contributed by atoms with Crippen LogP contribution in [-0.2, 0) is 12.8 Å². The Bertz CT molecular complexity index is 7810. The van der Waals surface area contributed by atoms with Crippen LogP contribution in [0.3, 0.4) is 0 Å². The number of thiol groups is 1. The number of halogens is 7. The van der Waals surface area contributed by atoms with Crippen LogP contribution >= 0.6 is 51.3 Å². The summed E-state index contributed by atoms with van der Waals surface area (Å²) >= 11 is 8.99. The molecule has 0 spiro atoms. The minimum absolute atomic E-state index is 0. The number of aromatic nitrogens is 5. The first kappa shape index (κ1) is 102. The Labute approximate surface area is 833 Å². The molecule has 27 heteroatoms. The molecule has 0 unspecified atom stereocenters. The Kier molecular flexibility index (Phi) is 36.2. The van der Waals surface area contributed by atoms with Gasteiger partial charge in [0, 0.05) is 95.3 Å². The van der Waals surface area contributed by atoms with E-state index in [9.17, 15) is 42.7 Å². The van der Waals surface area contributed by atoms with Gasteiger partial charge in [0.25, 0.3) is 0 Å². The standard InChI is InChI=1S/C24H19FN2O3.C24H17FN2O.C21H12BrFN2O.C21H13FN2O.C12H8FIO.C9H6N2.2CH4.BHNS/c25-18-2-6-21(7-3-18)30-22-8-4-19(5-9-22)27-14-17(12-20(29)15-28)23-10-1-16(13-26)11-24(23)27;1-2-3-18-16-27(24-14-17(15-26)4-13-23(18)24)20-7-11-22(12-8-20)28-21-9-5-19(25)6-10-21;22-20-13-25(21-11-14(12-24)1-10-19(20)21)16-4-8-18(9-5-16)26-17-6-2-15(23)3-7-17;22-17-3-7-19(8-4-17)25-20-9-5-18(6-10-20)24-12-11-16-2-1-15(14-23)13-21(16)24;13-9-1-5-11(6-2-9)15-12-7-3-10(14)4-8-12;10-6-7-1-2-8-3-4-11-9(8)5-7;;;1-2-3/h1-11,14,20,28-29H,12,15H2;2,4-14,16H,1,3H2;1-11,13H;1-13H;1-8H;1-5,11H;2*1H4;3H/t20-;;;;;;;;/m0......../s1. The molecule has 18 nitrogen and oxygen atoms in total. The van der Waals surface area contributed by atoms with Gasteiger partial charge in [0.1, 0.15) is 86.6 Å². The first-order chi connectivity index (χ1) is 67.2. The molecule has 5 heterocycles. The molecule has 1 atom stereocenters. The zero-order chi connectivity index (χ0) is 97.0. The van der Waals surface area contributed by atoms with Crippen molar-refractivity contribution in [2.75, 3.05) is 6.61 Å². The number of aromatic amines is 1. The molecule has 20 rings (SSSR count). The zero-order valence-corrected chi connectivity index (χ0v) is 77.5. The van der Waals surface area contributed by atoms with Crippen LogP contribution in [0.15, 0.2) is 398 Å². The molecular formula is C113H84BBrF5IN11O7S. The van der Waals surface area contributed by atoms with Crippen LogP contribution in [-0.4, -0.2) is 53.8 Å². The molecular weight excluding hydrogens is 1970 g/mol. The van der Waals surface area contributed by atoms with E-state index >= 15 is 0 Å². The second-order valence-corrected chi connectivity index (χ2v) is 32.6. The summed E-state index contributed by atoms with van der Waals surface area (Å²) in [7, 11) is 4.34. The quantitative estimate of drug-likeness (QED) is 0.0194. The normalized spacial score (nSPS) is 10.5. The van der Waals surface area contributed by atoms with Crippen LogP contribution < -0.4 is 23.7 Å². The molecule has 140 heavy (non-hydrogen) atoms. The number of H-pyrrole nitrogens is 1. The molecule has 20 aromatic rings. The topological polar surface area (TPSA) is 253 Å². The first-order valence-corrected chi connectivity index (χ1v) is 44.5. The zero-order valence-electron chi connectivity index (χ0n) is 72.9. The Morgan fingerprint density at radius 2 is 0.671 bits per heavy atom. The second kappa shape index (κ2) is 49.6. The summed E-state index contributed by atoms with van der Waals surface area (Å²) in [6.07, 6.45) is 11.9. The maximum absolute atomic E-state index is 13.0. The molecule has 0 fully saturated rings. The van der Waals surface area contributed by atoms with Crippen LogP contribution in [0, 0.1) is 89.3 Å². The SMILES string of the molecule is C.C.C=CCc1cn(-c2ccc(Oc3ccc(F)cc3)cc2)c2cc(C#N)ccc12.Fc1ccc(Oc2ccc(I)cc2)cc1.N#Cc1ccc2c(Br)cn(-c3ccc(Oc4ccc(F)cc4)cc3)c2c1.N#Cc1ccc2c(C[C@H](O)CO)cn(-c3ccc(Oc4ccc(F)cc4)cc3)c2c1.N#Cc1ccc2cc[nH]c2c1.N#Cc1ccc2ccn(-c3ccc(Oc4ccc(F)cc4)cc3)c2c1.[B]=NS. The number of rotatable bonds is 19. The molecule has 15 aromatic carbocycles. The summed E-state index contributed by atoms with van der Waals surface area (Å²) < 4.78 is 106. The Balaban J connectivity index is 0.000000152. The number of hydrogen-bond donors (Lipinski definition) is 4. The molecule has 691 valence electrons. The molecule has 5 aromatic heterocycles. The number of benzene rings is 15. The number of fused-ring (bicyclic) bond motifs is 5. The van der Waals surface area contributed by atoms with Crippen LogP contribution in [0.5, 0.6) is 57.5 Å². The predicted molar refractivity (Wildman–Crippen MR) is 556 cm³/mol. The van der Waals surface area contributed by atoms with Crippen molar-refractivity contribution in [3.63, 3.8) is 0 Å². The minimum atomic E-state index is -0.855. The Hall–Kier alpha value is -16.8. The van der Waals surface area contributed by atoms with Gasteiger partial charge in [-0.3, -0.25) is 0 Å². The number of hydrogen-bond acceptors (Lipinski definition) is 14. The molecule has 0 bridgehead atoms. The Morgan fingerprint density at radius 3 is 1.02 bits per heavy atom. The fourth-order valence-corrected chi connectivity index (χ4v) is 15.3. The van der Waals surface area contributed by atoms with Crippen LogP contribution in [0.4, 0.5) is 22.0 Å². The van der Waals surface area contributed by atoms with Crippen LogP contribution in [0.2, 0.25) is 0 Å². The molecule has 3 N–H and O–H groups in total. The van der Waals surface area contributed by atoms with Crippen molar-refractivity contribution in [3.8, 4) is 111 Å². The van der Waals surface area contributed by atoms with Gasteiger partial charge in [-0.25, -0.2) is 22.0 Å². The second-order valence-electron chi connectivity index (χ2n) is 30.2. The van der Waals surface area contributed by atoms with E-state index in [1.54, 1.807) is 91.0 Å². The van der Waals surface area contributed by atoms with Gasteiger partial charge in [-0.1, -0.05) is 51.3 Å². The summed E-state index contributed by atoms with van der Waals surface area (Å²) in [5.74, 6) is 4.79. The summed E-state index contributed by atoms with van der Waals surface area (Å²) in [5, 5.41) is 69.7. The fourth-order valence-electron chi connectivity index (χ4n) is 14.4. The van der Waals surface area contributed by atoms with Gasteiger partial charge in [-0.15, -0.1) is 6.58 Å². The molecule has 0 aliphatic carbocycles. The van der Waals surface area contributed by atoms with Gasteiger partial charge in [-0.2, -0.15) is 26.3 Å². The predicted octanol–water partition coefficient (Wildman–Crippen LogP) is 29.8. The molecule has 0 aliphatic rings. The van der Waals surface area contributed by atoms with E-state index < -0.39 is 6.10 Å². The number of nitrogens with one attached hydrogen (secondary N) is 1. The molecule has 0 amide bonds. The molecule has 0 saturated carbocycles. The number of aliphatic hydroxyl groups is 2. The molecule has 1 radical (unpaired) electrons. The number of nitriles is 5. The average molecular weight is 2050 g/mol. The third-order valence-corrected chi connectivity index (χ3v) is 22.3. The summed E-state index contributed by atoms with van der Waals surface area (Å²) in [4.78, 5) is 3.04. The number of ether oxygens (including phenoxy) is 5. The van der Waals surface area contributed by atoms with E-state index in [2.05, 4.69) is 116 Å². The van der Waals surface area contributed by atoms with Gasteiger partial charge in [0.15, 0.2) is 0 Å².